The first-order valence-electron chi connectivity index (χ1n) is 11.5. The molecule has 1 aromatic rings. The molecule has 1 aromatic heterocycles. The molecule has 0 spiro atoms. The summed E-state index contributed by atoms with van der Waals surface area (Å²) in [6, 6.07) is 0.328. The van der Waals surface area contributed by atoms with E-state index in [1.54, 1.807) is 0 Å². The molecule has 0 aliphatic carbocycles. The van der Waals surface area contributed by atoms with Gasteiger partial charge in [0, 0.05) is 52.5 Å². The summed E-state index contributed by atoms with van der Waals surface area (Å²) in [6.45, 7) is 11.8. The Morgan fingerprint density at radius 2 is 1.97 bits per heavy atom. The molecule has 1 saturated heterocycles. The van der Waals surface area contributed by atoms with Crippen LogP contribution in [0.2, 0.25) is 0 Å². The Kier molecular flexibility index (Phi) is 11.3. The highest BCUT2D eigenvalue weighted by molar-refractivity contribution is 5.80. The zero-order valence-corrected chi connectivity index (χ0v) is 19.6. The summed E-state index contributed by atoms with van der Waals surface area (Å²) in [7, 11) is 1.95. The minimum Gasteiger partial charge on any atom is -0.382 e. The number of nitrogens with zero attached hydrogens (tertiary/aromatic N) is 5. The number of carbonyl (C=O) groups excluding carboxylic acids is 1. The first-order chi connectivity index (χ1) is 15.0. The third-order valence-corrected chi connectivity index (χ3v) is 5.39. The molecule has 10 heteroatoms. The highest BCUT2D eigenvalue weighted by atomic mass is 16.5. The maximum absolute atomic E-state index is 12.0. The second-order valence-electron chi connectivity index (χ2n) is 7.91. The Morgan fingerprint density at radius 3 is 2.61 bits per heavy atom. The van der Waals surface area contributed by atoms with Crippen LogP contribution < -0.4 is 16.0 Å². The lowest BCUT2D eigenvalue weighted by Gasteiger charge is -2.32. The van der Waals surface area contributed by atoms with Crippen molar-refractivity contribution in [2.24, 2.45) is 12.0 Å². The largest absolute Gasteiger partial charge is 0.382 e. The van der Waals surface area contributed by atoms with E-state index in [1.807, 2.05) is 25.5 Å². The standard InChI is InChI=1S/C21H40N8O2/c1-5-10-22-20(30)16-29-12-8-18(9-13-29)25-21(23-11-7-14-31-6-2)24-15-19-27-26-17(3)28(19)4/h18H,5-16H2,1-4H3,(H,22,30)(H2,23,24,25). The van der Waals surface area contributed by atoms with Crippen LogP contribution in [0.1, 0.15) is 51.2 Å². The molecule has 2 heterocycles. The summed E-state index contributed by atoms with van der Waals surface area (Å²) in [4.78, 5) is 18.9. The molecule has 176 valence electrons. The molecular formula is C21H40N8O2. The molecule has 2 rings (SSSR count). The van der Waals surface area contributed by atoms with Gasteiger partial charge in [0.05, 0.1) is 6.54 Å². The second kappa shape index (κ2) is 14.0. The third kappa shape index (κ3) is 9.22. The van der Waals surface area contributed by atoms with Crippen LogP contribution >= 0.6 is 0 Å². The van der Waals surface area contributed by atoms with Gasteiger partial charge in [-0.05, 0) is 39.5 Å². The Hall–Kier alpha value is -2.20. The number of amides is 1. The zero-order valence-electron chi connectivity index (χ0n) is 19.6. The van der Waals surface area contributed by atoms with Crippen LogP contribution in [0.15, 0.2) is 4.99 Å². The van der Waals surface area contributed by atoms with Crippen LogP contribution in [-0.4, -0.2) is 83.5 Å². The van der Waals surface area contributed by atoms with Gasteiger partial charge in [-0.25, -0.2) is 4.99 Å². The van der Waals surface area contributed by atoms with Gasteiger partial charge in [-0.1, -0.05) is 6.92 Å². The van der Waals surface area contributed by atoms with Gasteiger partial charge in [0.2, 0.25) is 5.91 Å². The number of ether oxygens (including phenoxy) is 1. The van der Waals surface area contributed by atoms with Gasteiger partial charge in [-0.2, -0.15) is 0 Å². The summed E-state index contributed by atoms with van der Waals surface area (Å²) >= 11 is 0. The molecule has 1 fully saturated rings. The number of carbonyl (C=O) groups is 1. The lowest BCUT2D eigenvalue weighted by atomic mass is 10.1. The van der Waals surface area contributed by atoms with Crippen LogP contribution in [0.4, 0.5) is 0 Å². The van der Waals surface area contributed by atoms with E-state index >= 15 is 0 Å². The first kappa shape index (κ1) is 25.1. The van der Waals surface area contributed by atoms with Crippen LogP contribution in [0.5, 0.6) is 0 Å². The quantitative estimate of drug-likeness (QED) is 0.250. The van der Waals surface area contributed by atoms with E-state index in [9.17, 15) is 4.79 Å². The fraction of sp³-hybridized carbons (Fsp3) is 0.810. The Labute approximate surface area is 186 Å². The van der Waals surface area contributed by atoms with Gasteiger partial charge >= 0.3 is 0 Å². The molecular weight excluding hydrogens is 396 g/mol. The van der Waals surface area contributed by atoms with Crippen molar-refractivity contribution >= 4 is 11.9 Å². The number of aryl methyl sites for hydroxylation is 1. The van der Waals surface area contributed by atoms with Crippen molar-refractivity contribution in [3.63, 3.8) is 0 Å². The average molecular weight is 437 g/mol. The van der Waals surface area contributed by atoms with Crippen molar-refractivity contribution in [3.8, 4) is 0 Å². The second-order valence-corrected chi connectivity index (χ2v) is 7.91. The van der Waals surface area contributed by atoms with E-state index in [0.717, 1.165) is 82.7 Å². The van der Waals surface area contributed by atoms with Gasteiger partial charge in [-0.3, -0.25) is 9.69 Å². The zero-order chi connectivity index (χ0) is 22.5. The van der Waals surface area contributed by atoms with Crippen molar-refractivity contribution in [2.45, 2.75) is 59.0 Å². The smallest absolute Gasteiger partial charge is 0.234 e. The van der Waals surface area contributed by atoms with Crippen LogP contribution in [0.3, 0.4) is 0 Å². The predicted molar refractivity (Wildman–Crippen MR) is 122 cm³/mol. The van der Waals surface area contributed by atoms with E-state index in [2.05, 4.69) is 38.0 Å². The minimum absolute atomic E-state index is 0.116. The molecule has 1 amide bonds. The number of hydrogen-bond acceptors (Lipinski definition) is 6. The maximum atomic E-state index is 12.0. The molecule has 0 saturated carbocycles. The topological polar surface area (TPSA) is 109 Å². The highest BCUT2D eigenvalue weighted by Gasteiger charge is 2.21. The van der Waals surface area contributed by atoms with Gasteiger partial charge in [-0.15, -0.1) is 10.2 Å². The third-order valence-electron chi connectivity index (χ3n) is 5.39. The van der Waals surface area contributed by atoms with E-state index in [-0.39, 0.29) is 5.91 Å². The van der Waals surface area contributed by atoms with Gasteiger partial charge in [0.25, 0.3) is 0 Å². The number of aliphatic imine (C=N–C) groups is 1. The van der Waals surface area contributed by atoms with Crippen molar-refractivity contribution in [2.75, 3.05) is 45.9 Å². The van der Waals surface area contributed by atoms with Crippen LogP contribution in [0.25, 0.3) is 0 Å². The first-order valence-corrected chi connectivity index (χ1v) is 11.5. The van der Waals surface area contributed by atoms with E-state index in [0.29, 0.717) is 19.1 Å². The van der Waals surface area contributed by atoms with Crippen molar-refractivity contribution in [1.82, 2.24) is 35.6 Å². The molecule has 1 aliphatic heterocycles. The van der Waals surface area contributed by atoms with E-state index in [4.69, 9.17) is 9.73 Å². The molecule has 31 heavy (non-hydrogen) atoms. The number of piperidine rings is 1. The van der Waals surface area contributed by atoms with Gasteiger partial charge in [0.15, 0.2) is 11.8 Å². The minimum atomic E-state index is 0.116. The fourth-order valence-corrected chi connectivity index (χ4v) is 3.37. The molecule has 1 aliphatic rings. The van der Waals surface area contributed by atoms with Crippen molar-refractivity contribution < 1.29 is 9.53 Å². The fourth-order valence-electron chi connectivity index (χ4n) is 3.37. The Bertz CT molecular complexity index is 683. The predicted octanol–water partition coefficient (Wildman–Crippen LogP) is 0.576. The van der Waals surface area contributed by atoms with Crippen LogP contribution in [-0.2, 0) is 23.1 Å². The molecule has 10 nitrogen and oxygen atoms in total. The molecule has 0 bridgehead atoms. The number of rotatable bonds is 12. The average Bonchev–Trinajstić information content (AvgIpc) is 3.09. The van der Waals surface area contributed by atoms with Gasteiger partial charge in [0.1, 0.15) is 12.4 Å². The van der Waals surface area contributed by atoms with Gasteiger partial charge < -0.3 is 25.3 Å². The van der Waals surface area contributed by atoms with Crippen molar-refractivity contribution in [3.05, 3.63) is 11.6 Å². The normalized spacial score (nSPS) is 15.8. The number of aromatic nitrogens is 3. The highest BCUT2D eigenvalue weighted by Crippen LogP contribution is 2.10. The molecule has 0 aromatic carbocycles. The molecule has 0 radical (unpaired) electrons. The lowest BCUT2D eigenvalue weighted by Crippen LogP contribution is -2.50. The summed E-state index contributed by atoms with van der Waals surface area (Å²) in [5.74, 6) is 2.61. The van der Waals surface area contributed by atoms with E-state index < -0.39 is 0 Å². The summed E-state index contributed by atoms with van der Waals surface area (Å²) in [5.41, 5.74) is 0. The molecule has 0 atom stereocenters. The maximum Gasteiger partial charge on any atom is 0.234 e. The Balaban J connectivity index is 1.84. The Morgan fingerprint density at radius 1 is 1.19 bits per heavy atom. The van der Waals surface area contributed by atoms with Crippen LogP contribution in [0, 0.1) is 6.92 Å². The lowest BCUT2D eigenvalue weighted by molar-refractivity contribution is -0.122. The summed E-state index contributed by atoms with van der Waals surface area (Å²) < 4.78 is 7.38. The number of likely N-dealkylation sites (tertiary alicyclic amines) is 1. The van der Waals surface area contributed by atoms with Crippen molar-refractivity contribution in [1.29, 1.82) is 0 Å². The molecule has 0 unspecified atom stereocenters. The number of guanidine groups is 1. The summed E-state index contributed by atoms with van der Waals surface area (Å²) in [5, 5.41) is 18.2. The molecule has 3 N–H and O–H groups in total. The monoisotopic (exact) mass is 436 g/mol. The summed E-state index contributed by atoms with van der Waals surface area (Å²) in [6.07, 6.45) is 3.84. The SMILES string of the molecule is CCCNC(=O)CN1CCC(NC(=NCc2nnc(C)n2C)NCCCOCC)CC1. The number of nitrogens with one attached hydrogen (secondary N) is 3. The van der Waals surface area contributed by atoms with E-state index in [1.165, 1.54) is 0 Å². The number of hydrogen-bond donors (Lipinski definition) is 3.